The topological polar surface area (TPSA) is 76.3 Å². The molecule has 1 aromatic carbocycles. The Balaban J connectivity index is 1.89. The molecule has 0 amide bonds. The van der Waals surface area contributed by atoms with Gasteiger partial charge in [-0.05, 0) is 11.1 Å². The molecule has 1 aliphatic rings. The molecule has 2 aromatic rings. The Labute approximate surface area is 117 Å². The molecule has 0 bridgehead atoms. The van der Waals surface area contributed by atoms with E-state index < -0.39 is 0 Å². The zero-order valence-corrected chi connectivity index (χ0v) is 11.3. The van der Waals surface area contributed by atoms with Crippen LogP contribution in [0.25, 0.3) is 0 Å². The van der Waals surface area contributed by atoms with Crippen LogP contribution in [0, 0.1) is 0 Å². The first-order valence-electron chi connectivity index (χ1n) is 6.45. The highest BCUT2D eigenvalue weighted by Crippen LogP contribution is 2.27. The molecule has 20 heavy (non-hydrogen) atoms. The summed E-state index contributed by atoms with van der Waals surface area (Å²) in [5.41, 5.74) is 5.25. The highest BCUT2D eigenvalue weighted by atomic mass is 16.5. The predicted molar refractivity (Wildman–Crippen MR) is 76.9 cm³/mol. The maximum atomic E-state index is 5.47. The van der Waals surface area contributed by atoms with E-state index in [0.29, 0.717) is 18.2 Å². The Morgan fingerprint density at radius 1 is 1.25 bits per heavy atom. The number of nitrogens with one attached hydrogen (secondary N) is 1. The molecule has 0 fully saturated rings. The molecule has 0 unspecified atom stereocenters. The van der Waals surface area contributed by atoms with Gasteiger partial charge in [-0.1, -0.05) is 24.3 Å². The fourth-order valence-electron chi connectivity index (χ4n) is 2.41. The van der Waals surface area contributed by atoms with Gasteiger partial charge in [-0.2, -0.15) is 0 Å². The second kappa shape index (κ2) is 5.44. The molecule has 0 radical (unpaired) electrons. The third-order valence-corrected chi connectivity index (χ3v) is 3.35. The molecule has 1 aliphatic heterocycles. The van der Waals surface area contributed by atoms with Crippen LogP contribution in [-0.2, 0) is 24.4 Å². The summed E-state index contributed by atoms with van der Waals surface area (Å²) in [6.45, 7) is 2.07. The molecule has 3 rings (SSSR count). The summed E-state index contributed by atoms with van der Waals surface area (Å²) in [7, 11) is 1.62. The molecule has 0 saturated heterocycles. The lowest BCUT2D eigenvalue weighted by Crippen LogP contribution is -2.19. The van der Waals surface area contributed by atoms with Gasteiger partial charge < -0.3 is 15.1 Å². The van der Waals surface area contributed by atoms with Crippen molar-refractivity contribution in [3.8, 4) is 0 Å². The number of rotatable bonds is 4. The molecule has 0 aliphatic carbocycles. The van der Waals surface area contributed by atoms with Crippen LogP contribution in [0.1, 0.15) is 17.0 Å². The van der Waals surface area contributed by atoms with Gasteiger partial charge in [-0.25, -0.2) is 15.8 Å². The van der Waals surface area contributed by atoms with Crippen molar-refractivity contribution in [3.63, 3.8) is 0 Å². The maximum absolute atomic E-state index is 5.47. The van der Waals surface area contributed by atoms with E-state index in [0.717, 1.165) is 18.9 Å². The fraction of sp³-hybridized carbons (Fsp3) is 0.286. The molecule has 0 atom stereocenters. The number of benzene rings is 1. The first-order valence-corrected chi connectivity index (χ1v) is 6.45. The third kappa shape index (κ3) is 2.43. The fourth-order valence-corrected chi connectivity index (χ4v) is 2.41. The molecule has 0 saturated carbocycles. The first kappa shape index (κ1) is 12.8. The van der Waals surface area contributed by atoms with Gasteiger partial charge in [0.15, 0.2) is 5.82 Å². The number of nitrogens with zero attached hydrogens (tertiary/aromatic N) is 3. The van der Waals surface area contributed by atoms with Crippen LogP contribution < -0.4 is 16.2 Å². The Bertz CT molecular complexity index is 591. The zero-order chi connectivity index (χ0) is 13.9. The summed E-state index contributed by atoms with van der Waals surface area (Å²) < 4.78 is 5.09. The average molecular weight is 271 g/mol. The second-order valence-corrected chi connectivity index (χ2v) is 4.73. The van der Waals surface area contributed by atoms with Gasteiger partial charge in [-0.15, -0.1) is 0 Å². The largest absolute Gasteiger partial charge is 0.377 e. The highest BCUT2D eigenvalue weighted by Gasteiger charge is 2.20. The predicted octanol–water partition coefficient (Wildman–Crippen LogP) is 1.43. The van der Waals surface area contributed by atoms with E-state index >= 15 is 0 Å². The summed E-state index contributed by atoms with van der Waals surface area (Å²) in [5, 5.41) is 0. The van der Waals surface area contributed by atoms with Crippen molar-refractivity contribution < 1.29 is 4.74 Å². The van der Waals surface area contributed by atoms with Crippen molar-refractivity contribution in [1.82, 2.24) is 9.97 Å². The third-order valence-electron chi connectivity index (χ3n) is 3.35. The summed E-state index contributed by atoms with van der Waals surface area (Å²) in [6, 6.07) is 10.3. The Kier molecular flexibility index (Phi) is 3.49. The normalized spacial score (nSPS) is 13.4. The van der Waals surface area contributed by atoms with Crippen molar-refractivity contribution in [1.29, 1.82) is 0 Å². The van der Waals surface area contributed by atoms with E-state index in [4.69, 9.17) is 10.6 Å². The minimum atomic E-state index is 0.364. The first-order chi connectivity index (χ1) is 9.80. The molecule has 0 spiro atoms. The van der Waals surface area contributed by atoms with Gasteiger partial charge in [0.1, 0.15) is 18.2 Å². The van der Waals surface area contributed by atoms with Crippen LogP contribution in [0.5, 0.6) is 0 Å². The number of hydrazine groups is 1. The molecule has 2 heterocycles. The average Bonchev–Trinajstić information content (AvgIpc) is 2.91. The molecule has 6 heteroatoms. The van der Waals surface area contributed by atoms with Gasteiger partial charge in [0.2, 0.25) is 0 Å². The second-order valence-electron chi connectivity index (χ2n) is 4.73. The number of ether oxygens (including phenoxy) is 1. The molecular formula is C14H17N5O. The highest BCUT2D eigenvalue weighted by molar-refractivity contribution is 5.52. The quantitative estimate of drug-likeness (QED) is 0.647. The Morgan fingerprint density at radius 3 is 2.55 bits per heavy atom. The monoisotopic (exact) mass is 271 g/mol. The lowest BCUT2D eigenvalue weighted by Gasteiger charge is -2.18. The number of nitrogens with two attached hydrogens (primary N) is 1. The van der Waals surface area contributed by atoms with Crippen LogP contribution in [-0.4, -0.2) is 17.1 Å². The van der Waals surface area contributed by atoms with Crippen molar-refractivity contribution in [2.45, 2.75) is 19.7 Å². The minimum Gasteiger partial charge on any atom is -0.377 e. The van der Waals surface area contributed by atoms with Gasteiger partial charge >= 0.3 is 0 Å². The van der Waals surface area contributed by atoms with E-state index in [1.54, 1.807) is 7.11 Å². The van der Waals surface area contributed by atoms with E-state index in [1.807, 2.05) is 6.07 Å². The number of anilines is 2. The van der Waals surface area contributed by atoms with E-state index in [2.05, 4.69) is 44.6 Å². The summed E-state index contributed by atoms with van der Waals surface area (Å²) in [5.74, 6) is 7.54. The lowest BCUT2D eigenvalue weighted by atomic mass is 10.1. The van der Waals surface area contributed by atoms with Crippen LogP contribution in [0.2, 0.25) is 0 Å². The minimum absolute atomic E-state index is 0.364. The van der Waals surface area contributed by atoms with Crippen molar-refractivity contribution in [2.24, 2.45) is 5.84 Å². The number of nitrogen functional groups attached to an aromatic ring is 1. The molecular weight excluding hydrogens is 254 g/mol. The van der Waals surface area contributed by atoms with Crippen LogP contribution in [0.4, 0.5) is 11.6 Å². The van der Waals surface area contributed by atoms with Crippen molar-refractivity contribution in [2.75, 3.05) is 17.4 Å². The Hall–Kier alpha value is -2.18. The van der Waals surface area contributed by atoms with Gasteiger partial charge in [-0.3, -0.25) is 0 Å². The van der Waals surface area contributed by atoms with E-state index in [-0.39, 0.29) is 0 Å². The van der Waals surface area contributed by atoms with Crippen LogP contribution in [0.3, 0.4) is 0 Å². The summed E-state index contributed by atoms with van der Waals surface area (Å²) in [6.07, 6.45) is 0. The van der Waals surface area contributed by atoms with Gasteiger partial charge in [0, 0.05) is 26.3 Å². The molecule has 1 aromatic heterocycles. The summed E-state index contributed by atoms with van der Waals surface area (Å²) in [4.78, 5) is 11.0. The Morgan fingerprint density at radius 2 is 1.95 bits per heavy atom. The van der Waals surface area contributed by atoms with Crippen LogP contribution >= 0.6 is 0 Å². The number of fused-ring (bicyclic) bond motifs is 1. The molecule has 6 nitrogen and oxygen atoms in total. The van der Waals surface area contributed by atoms with Crippen LogP contribution in [0.15, 0.2) is 30.3 Å². The maximum Gasteiger partial charge on any atom is 0.158 e. The number of hydrogen-bond acceptors (Lipinski definition) is 6. The lowest BCUT2D eigenvalue weighted by molar-refractivity contribution is 0.178. The van der Waals surface area contributed by atoms with E-state index in [9.17, 15) is 0 Å². The number of aromatic nitrogens is 2. The zero-order valence-electron chi connectivity index (χ0n) is 11.3. The standard InChI is InChI=1S/C14H17N5O/c1-20-9-13-16-12(18-15)6-14(17-13)19-7-10-4-2-3-5-11(10)8-19/h2-6H,7-9,15H2,1H3,(H,16,17,18). The number of hydrogen-bond donors (Lipinski definition) is 2. The molecule has 104 valence electrons. The SMILES string of the molecule is COCc1nc(NN)cc(N2Cc3ccccc3C2)n1. The van der Waals surface area contributed by atoms with Crippen molar-refractivity contribution in [3.05, 3.63) is 47.3 Å². The smallest absolute Gasteiger partial charge is 0.158 e. The molecule has 3 N–H and O–H groups in total. The van der Waals surface area contributed by atoms with Gasteiger partial charge in [0.25, 0.3) is 0 Å². The number of methoxy groups -OCH3 is 1. The summed E-state index contributed by atoms with van der Waals surface area (Å²) >= 11 is 0. The van der Waals surface area contributed by atoms with Gasteiger partial charge in [0.05, 0.1) is 0 Å². The van der Waals surface area contributed by atoms with E-state index in [1.165, 1.54) is 11.1 Å². The van der Waals surface area contributed by atoms with Crippen molar-refractivity contribution >= 4 is 11.6 Å².